The van der Waals surface area contributed by atoms with Crippen LogP contribution in [0.2, 0.25) is 0 Å². The quantitative estimate of drug-likeness (QED) is 0.603. The van der Waals surface area contributed by atoms with Crippen molar-refractivity contribution in [2.75, 3.05) is 6.61 Å². The second-order valence-corrected chi connectivity index (χ2v) is 3.91. The zero-order chi connectivity index (χ0) is 12.8. The van der Waals surface area contributed by atoms with Gasteiger partial charge in [-0.25, -0.2) is 0 Å². The van der Waals surface area contributed by atoms with Crippen LogP contribution in [0.25, 0.3) is 0 Å². The number of Topliss-reactive ketones (excluding diaryl/α,β-unsaturated/α-hetero) is 1. The molecule has 0 heterocycles. The summed E-state index contributed by atoms with van der Waals surface area (Å²) in [6.45, 7) is 1.35. The van der Waals surface area contributed by atoms with Gasteiger partial charge in [0.05, 0.1) is 4.92 Å². The molecule has 5 heteroatoms. The molecule has 0 saturated heterocycles. The maximum atomic E-state index is 11.3. The Morgan fingerprint density at radius 1 is 1.47 bits per heavy atom. The Bertz CT molecular complexity index is 417. The average Bonchev–Trinajstić information content (AvgIpc) is 2.28. The number of aliphatic hydroxyl groups is 1. The molecule has 0 bridgehead atoms. The minimum atomic E-state index is -0.453. The molecule has 1 atom stereocenters. The first-order chi connectivity index (χ1) is 8.06. The Labute approximate surface area is 99.2 Å². The van der Waals surface area contributed by atoms with Gasteiger partial charge in [0, 0.05) is 24.2 Å². The van der Waals surface area contributed by atoms with E-state index in [1.807, 2.05) is 0 Å². The van der Waals surface area contributed by atoms with Gasteiger partial charge in [0.2, 0.25) is 0 Å². The van der Waals surface area contributed by atoms with Gasteiger partial charge in [-0.05, 0) is 19.8 Å². The molecular weight excluding hydrogens is 222 g/mol. The van der Waals surface area contributed by atoms with Crippen LogP contribution in [-0.2, 0) is 11.2 Å². The highest BCUT2D eigenvalue weighted by molar-refractivity contribution is 5.78. The van der Waals surface area contributed by atoms with Crippen molar-refractivity contribution in [2.45, 2.75) is 19.8 Å². The van der Waals surface area contributed by atoms with E-state index in [0.29, 0.717) is 18.4 Å². The third-order valence-electron chi connectivity index (χ3n) is 2.71. The normalized spacial score (nSPS) is 12.1. The smallest absolute Gasteiger partial charge is 0.272 e. The molecule has 1 rings (SSSR count). The predicted octanol–water partition coefficient (Wildman–Crippen LogP) is 1.72. The minimum absolute atomic E-state index is 0.0247. The topological polar surface area (TPSA) is 80.4 Å². The number of ketones is 1. The Balaban J connectivity index is 2.92. The van der Waals surface area contributed by atoms with E-state index in [-0.39, 0.29) is 24.0 Å². The summed E-state index contributed by atoms with van der Waals surface area (Å²) in [5, 5.41) is 19.7. The number of carbonyl (C=O) groups is 1. The van der Waals surface area contributed by atoms with Crippen molar-refractivity contribution in [3.05, 3.63) is 39.9 Å². The first-order valence-corrected chi connectivity index (χ1v) is 5.40. The number of hydrogen-bond acceptors (Lipinski definition) is 4. The molecule has 0 saturated carbocycles. The number of benzene rings is 1. The van der Waals surface area contributed by atoms with Crippen LogP contribution in [0.5, 0.6) is 0 Å². The molecule has 1 aromatic carbocycles. The Hall–Kier alpha value is -1.75. The van der Waals surface area contributed by atoms with Gasteiger partial charge in [-0.1, -0.05) is 18.2 Å². The van der Waals surface area contributed by atoms with Crippen LogP contribution >= 0.6 is 0 Å². The standard InChI is InChI=1S/C12H15NO4/c1-9(15)10(6-7-14)8-11-4-2-3-5-12(11)13(16)17/h2-5,10,14H,6-8H2,1H3. The van der Waals surface area contributed by atoms with Gasteiger partial charge in [-0.15, -0.1) is 0 Å². The highest BCUT2D eigenvalue weighted by Gasteiger charge is 2.20. The van der Waals surface area contributed by atoms with Crippen molar-refractivity contribution in [3.63, 3.8) is 0 Å². The molecule has 0 amide bonds. The molecular formula is C12H15NO4. The Morgan fingerprint density at radius 2 is 2.12 bits per heavy atom. The van der Waals surface area contributed by atoms with Crippen LogP contribution in [0.3, 0.4) is 0 Å². The van der Waals surface area contributed by atoms with Gasteiger partial charge in [-0.3, -0.25) is 14.9 Å². The highest BCUT2D eigenvalue weighted by Crippen LogP contribution is 2.22. The molecule has 0 aliphatic carbocycles. The van der Waals surface area contributed by atoms with E-state index < -0.39 is 4.92 Å². The third-order valence-corrected chi connectivity index (χ3v) is 2.71. The van der Waals surface area contributed by atoms with Crippen molar-refractivity contribution in [3.8, 4) is 0 Å². The molecule has 92 valence electrons. The maximum Gasteiger partial charge on any atom is 0.272 e. The summed E-state index contributed by atoms with van der Waals surface area (Å²) in [5.74, 6) is -0.418. The lowest BCUT2D eigenvalue weighted by Crippen LogP contribution is -2.16. The summed E-state index contributed by atoms with van der Waals surface area (Å²) in [7, 11) is 0. The van der Waals surface area contributed by atoms with Crippen molar-refractivity contribution in [1.82, 2.24) is 0 Å². The average molecular weight is 237 g/mol. The lowest BCUT2D eigenvalue weighted by Gasteiger charge is -2.12. The molecule has 0 spiro atoms. The van der Waals surface area contributed by atoms with E-state index in [1.165, 1.54) is 13.0 Å². The van der Waals surface area contributed by atoms with E-state index in [4.69, 9.17) is 5.11 Å². The highest BCUT2D eigenvalue weighted by atomic mass is 16.6. The van der Waals surface area contributed by atoms with Crippen LogP contribution in [0, 0.1) is 16.0 Å². The number of carbonyl (C=O) groups excluding carboxylic acids is 1. The summed E-state index contributed by atoms with van der Waals surface area (Å²) >= 11 is 0. The summed E-state index contributed by atoms with van der Waals surface area (Å²) in [5.41, 5.74) is 0.558. The van der Waals surface area contributed by atoms with Crippen LogP contribution in [-0.4, -0.2) is 22.4 Å². The number of hydrogen-bond donors (Lipinski definition) is 1. The third kappa shape index (κ3) is 3.64. The van der Waals surface area contributed by atoms with Crippen LogP contribution in [0.1, 0.15) is 18.9 Å². The Morgan fingerprint density at radius 3 is 2.65 bits per heavy atom. The van der Waals surface area contributed by atoms with Gasteiger partial charge in [0.25, 0.3) is 5.69 Å². The molecule has 5 nitrogen and oxygen atoms in total. The molecule has 0 aliphatic heterocycles. The summed E-state index contributed by atoms with van der Waals surface area (Å²) < 4.78 is 0. The second kappa shape index (κ2) is 6.10. The van der Waals surface area contributed by atoms with Crippen molar-refractivity contribution >= 4 is 11.5 Å². The number of nitro groups is 1. The molecule has 0 aliphatic rings. The number of aliphatic hydroxyl groups excluding tert-OH is 1. The first-order valence-electron chi connectivity index (χ1n) is 5.40. The van der Waals surface area contributed by atoms with E-state index in [2.05, 4.69) is 0 Å². The molecule has 0 radical (unpaired) electrons. The monoisotopic (exact) mass is 237 g/mol. The van der Waals surface area contributed by atoms with Crippen molar-refractivity contribution in [1.29, 1.82) is 0 Å². The van der Waals surface area contributed by atoms with Crippen LogP contribution in [0.15, 0.2) is 24.3 Å². The molecule has 17 heavy (non-hydrogen) atoms. The maximum absolute atomic E-state index is 11.3. The lowest BCUT2D eigenvalue weighted by atomic mass is 9.92. The summed E-state index contributed by atoms with van der Waals surface area (Å²) in [6.07, 6.45) is 0.633. The molecule has 1 aromatic rings. The van der Waals surface area contributed by atoms with Crippen LogP contribution in [0.4, 0.5) is 5.69 Å². The first kappa shape index (κ1) is 13.3. The zero-order valence-corrected chi connectivity index (χ0v) is 9.63. The number of nitro benzene ring substituents is 1. The van der Waals surface area contributed by atoms with Crippen molar-refractivity contribution in [2.24, 2.45) is 5.92 Å². The number of para-hydroxylation sites is 1. The van der Waals surface area contributed by atoms with Gasteiger partial charge < -0.3 is 5.11 Å². The molecule has 1 N–H and O–H groups in total. The molecule has 0 fully saturated rings. The second-order valence-electron chi connectivity index (χ2n) is 3.91. The van der Waals surface area contributed by atoms with Gasteiger partial charge in [-0.2, -0.15) is 0 Å². The largest absolute Gasteiger partial charge is 0.396 e. The predicted molar refractivity (Wildman–Crippen MR) is 62.7 cm³/mol. The molecule has 0 aromatic heterocycles. The van der Waals surface area contributed by atoms with Crippen LogP contribution < -0.4 is 0 Å². The van der Waals surface area contributed by atoms with E-state index >= 15 is 0 Å². The molecule has 1 unspecified atom stereocenters. The number of rotatable bonds is 6. The summed E-state index contributed by atoms with van der Waals surface area (Å²) in [6, 6.07) is 6.37. The lowest BCUT2D eigenvalue weighted by molar-refractivity contribution is -0.385. The Kier molecular flexibility index (Phi) is 4.78. The fourth-order valence-electron chi connectivity index (χ4n) is 1.73. The van der Waals surface area contributed by atoms with E-state index in [1.54, 1.807) is 18.2 Å². The van der Waals surface area contributed by atoms with E-state index in [0.717, 1.165) is 0 Å². The van der Waals surface area contributed by atoms with Gasteiger partial charge >= 0.3 is 0 Å². The SMILES string of the molecule is CC(=O)C(CCO)Cc1ccccc1[N+](=O)[O-]. The fraction of sp³-hybridized carbons (Fsp3) is 0.417. The van der Waals surface area contributed by atoms with Gasteiger partial charge in [0.1, 0.15) is 5.78 Å². The van der Waals surface area contributed by atoms with E-state index in [9.17, 15) is 14.9 Å². The minimum Gasteiger partial charge on any atom is -0.396 e. The van der Waals surface area contributed by atoms with Gasteiger partial charge in [0.15, 0.2) is 0 Å². The van der Waals surface area contributed by atoms with Crippen molar-refractivity contribution < 1.29 is 14.8 Å². The summed E-state index contributed by atoms with van der Waals surface area (Å²) in [4.78, 5) is 21.7. The fourth-order valence-corrected chi connectivity index (χ4v) is 1.73. The zero-order valence-electron chi connectivity index (χ0n) is 9.63. The number of nitrogens with zero attached hydrogens (tertiary/aromatic N) is 1.